The van der Waals surface area contributed by atoms with E-state index >= 15 is 0 Å². The lowest BCUT2D eigenvalue weighted by Crippen LogP contribution is -2.50. The van der Waals surface area contributed by atoms with Crippen LogP contribution in [0.25, 0.3) is 0 Å². The van der Waals surface area contributed by atoms with Crippen LogP contribution in [0, 0.1) is 46.8 Å². The van der Waals surface area contributed by atoms with E-state index in [-0.39, 0.29) is 11.0 Å². The van der Waals surface area contributed by atoms with Gasteiger partial charge in [0.15, 0.2) is 0 Å². The Morgan fingerprint density at radius 3 is 2.31 bits per heavy atom. The van der Waals surface area contributed by atoms with E-state index < -0.39 is 0 Å². The molecule has 5 aliphatic carbocycles. The molecule has 0 amide bonds. The van der Waals surface area contributed by atoms with E-state index in [4.69, 9.17) is 0 Å². The van der Waals surface area contributed by atoms with Crippen LogP contribution in [-0.2, 0) is 4.79 Å². The van der Waals surface area contributed by atoms with E-state index in [2.05, 4.69) is 11.8 Å². The van der Waals surface area contributed by atoms with Gasteiger partial charge in [-0.3, -0.25) is 9.69 Å². The molecule has 1 saturated heterocycles. The van der Waals surface area contributed by atoms with Crippen LogP contribution >= 0.6 is 0 Å². The van der Waals surface area contributed by atoms with E-state index in [1.807, 2.05) is 0 Å². The highest BCUT2D eigenvalue weighted by atomic mass is 16.3. The maximum Gasteiger partial charge on any atom is 0.150 e. The molecule has 3 nitrogen and oxygen atoms in total. The van der Waals surface area contributed by atoms with Gasteiger partial charge in [0.2, 0.25) is 0 Å². The molecule has 0 radical (unpaired) electrons. The SMILES string of the molecule is C[C@]12CC[C@@H]3[C@H]4CC[C@]5(O)CC5[C@H]4CC[C@H]3[C@@H]1CC[C@@H]2C(=O)CN1CCCCC1. The average molecular weight is 400 g/mol. The molecular weight excluding hydrogens is 358 g/mol. The standard InChI is InChI=1S/C26H41NO2/c1-25-11-9-17-18-10-12-26(29)15-23(26)20(18)6-5-19(17)21(25)7-8-22(25)24(28)16-27-13-3-2-4-14-27/h17-23,29H,2-16H2,1H3/t17-,18-,19-,20+,21+,22-,23?,25+,26+/m1/s1. The Labute approximate surface area is 177 Å². The number of hydrogen-bond donors (Lipinski definition) is 1. The number of ketones is 1. The minimum Gasteiger partial charge on any atom is -0.390 e. The molecule has 9 atom stereocenters. The summed E-state index contributed by atoms with van der Waals surface area (Å²) in [5, 5.41) is 10.7. The fraction of sp³-hybridized carbons (Fsp3) is 0.962. The van der Waals surface area contributed by atoms with Crippen molar-refractivity contribution in [1.29, 1.82) is 0 Å². The van der Waals surface area contributed by atoms with Crippen molar-refractivity contribution in [2.45, 2.75) is 89.6 Å². The van der Waals surface area contributed by atoms with Gasteiger partial charge in [-0.25, -0.2) is 0 Å². The van der Waals surface area contributed by atoms with Crippen molar-refractivity contribution >= 4 is 5.78 Å². The van der Waals surface area contributed by atoms with E-state index in [1.165, 1.54) is 57.8 Å². The normalized spacial score (nSPS) is 54.1. The van der Waals surface area contributed by atoms with E-state index in [9.17, 15) is 9.90 Å². The summed E-state index contributed by atoms with van der Waals surface area (Å²) in [4.78, 5) is 15.8. The molecule has 6 rings (SSSR count). The van der Waals surface area contributed by atoms with Crippen molar-refractivity contribution in [3.8, 4) is 0 Å². The van der Waals surface area contributed by atoms with Gasteiger partial charge in [0.25, 0.3) is 0 Å². The number of carbonyl (C=O) groups is 1. The minimum absolute atomic E-state index is 0.253. The maximum absolute atomic E-state index is 13.4. The first-order chi connectivity index (χ1) is 14.0. The maximum atomic E-state index is 13.4. The lowest BCUT2D eigenvalue weighted by atomic mass is 9.49. The first-order valence-corrected chi connectivity index (χ1v) is 13.0. The highest BCUT2D eigenvalue weighted by molar-refractivity contribution is 5.84. The van der Waals surface area contributed by atoms with Crippen LogP contribution in [0.2, 0.25) is 0 Å². The predicted octanol–water partition coefficient (Wildman–Crippen LogP) is 4.67. The first-order valence-electron chi connectivity index (χ1n) is 13.0. The number of fused-ring (bicyclic) bond motifs is 7. The minimum atomic E-state index is -0.253. The van der Waals surface area contributed by atoms with Crippen molar-refractivity contribution in [1.82, 2.24) is 4.90 Å². The van der Waals surface area contributed by atoms with Crippen LogP contribution in [0.1, 0.15) is 84.0 Å². The zero-order valence-electron chi connectivity index (χ0n) is 18.5. The van der Waals surface area contributed by atoms with Gasteiger partial charge >= 0.3 is 0 Å². The monoisotopic (exact) mass is 399 g/mol. The van der Waals surface area contributed by atoms with Gasteiger partial charge in [-0.15, -0.1) is 0 Å². The number of piperidine rings is 1. The summed E-state index contributed by atoms with van der Waals surface area (Å²) < 4.78 is 0. The van der Waals surface area contributed by atoms with Crippen LogP contribution in [0.4, 0.5) is 0 Å². The molecular formula is C26H41NO2. The number of rotatable bonds is 3. The number of nitrogens with zero attached hydrogens (tertiary/aromatic N) is 1. The Hall–Kier alpha value is -0.410. The molecule has 6 aliphatic rings. The second-order valence-corrected chi connectivity index (χ2v) is 12.3. The Kier molecular flexibility index (Phi) is 4.52. The zero-order valence-corrected chi connectivity index (χ0v) is 18.5. The molecule has 1 heterocycles. The zero-order chi connectivity index (χ0) is 19.8. The Bertz CT molecular complexity index is 672. The molecule has 1 N–H and O–H groups in total. The molecule has 6 fully saturated rings. The first kappa shape index (κ1) is 19.3. The van der Waals surface area contributed by atoms with Crippen molar-refractivity contribution in [2.24, 2.45) is 46.8 Å². The fourth-order valence-electron chi connectivity index (χ4n) is 9.66. The summed E-state index contributed by atoms with van der Waals surface area (Å²) in [6.45, 7) is 5.51. The molecule has 1 unspecified atom stereocenters. The smallest absolute Gasteiger partial charge is 0.150 e. The molecule has 162 valence electrons. The average Bonchev–Trinajstić information content (AvgIpc) is 3.29. The predicted molar refractivity (Wildman–Crippen MR) is 114 cm³/mol. The van der Waals surface area contributed by atoms with Crippen LogP contribution in [0.5, 0.6) is 0 Å². The van der Waals surface area contributed by atoms with Gasteiger partial charge in [-0.1, -0.05) is 13.3 Å². The van der Waals surface area contributed by atoms with Crippen molar-refractivity contribution < 1.29 is 9.90 Å². The summed E-state index contributed by atoms with van der Waals surface area (Å²) in [6.07, 6.45) is 15.2. The molecule has 0 aromatic heterocycles. The molecule has 29 heavy (non-hydrogen) atoms. The fourth-order valence-corrected chi connectivity index (χ4v) is 9.66. The topological polar surface area (TPSA) is 40.5 Å². The molecule has 3 heteroatoms. The Balaban J connectivity index is 1.16. The number of hydrogen-bond acceptors (Lipinski definition) is 3. The summed E-state index contributed by atoms with van der Waals surface area (Å²) in [7, 11) is 0. The van der Waals surface area contributed by atoms with Crippen molar-refractivity contribution in [3.05, 3.63) is 0 Å². The number of aliphatic hydroxyl groups is 1. The Morgan fingerprint density at radius 2 is 1.55 bits per heavy atom. The second kappa shape index (κ2) is 6.79. The summed E-state index contributed by atoms with van der Waals surface area (Å²) in [5.41, 5.74) is 0.0202. The summed E-state index contributed by atoms with van der Waals surface area (Å²) in [6, 6.07) is 0. The summed E-state index contributed by atoms with van der Waals surface area (Å²) in [5.74, 6) is 5.79. The van der Waals surface area contributed by atoms with E-state index in [1.54, 1.807) is 0 Å². The van der Waals surface area contributed by atoms with Gasteiger partial charge in [0.05, 0.1) is 12.1 Å². The van der Waals surface area contributed by atoms with Crippen LogP contribution in [0.3, 0.4) is 0 Å². The van der Waals surface area contributed by atoms with Crippen LogP contribution in [0.15, 0.2) is 0 Å². The number of likely N-dealkylation sites (tertiary alicyclic amines) is 1. The molecule has 0 bridgehead atoms. The highest BCUT2D eigenvalue weighted by Crippen LogP contribution is 2.68. The molecule has 5 saturated carbocycles. The molecule has 0 aromatic carbocycles. The lowest BCUT2D eigenvalue weighted by Gasteiger charge is -2.56. The van der Waals surface area contributed by atoms with Gasteiger partial charge < -0.3 is 5.11 Å². The van der Waals surface area contributed by atoms with Crippen LogP contribution in [-0.4, -0.2) is 41.0 Å². The highest BCUT2D eigenvalue weighted by Gasteiger charge is 2.65. The van der Waals surface area contributed by atoms with Crippen molar-refractivity contribution in [2.75, 3.05) is 19.6 Å². The van der Waals surface area contributed by atoms with Crippen LogP contribution < -0.4 is 0 Å². The molecule has 1 aliphatic heterocycles. The quantitative estimate of drug-likeness (QED) is 0.750. The second-order valence-electron chi connectivity index (χ2n) is 12.3. The lowest BCUT2D eigenvalue weighted by molar-refractivity contribution is -0.132. The third-order valence-electron chi connectivity index (χ3n) is 11.2. The summed E-state index contributed by atoms with van der Waals surface area (Å²) >= 11 is 0. The largest absolute Gasteiger partial charge is 0.390 e. The Morgan fingerprint density at radius 1 is 0.862 bits per heavy atom. The van der Waals surface area contributed by atoms with E-state index in [0.717, 1.165) is 68.5 Å². The van der Waals surface area contributed by atoms with Gasteiger partial charge in [-0.2, -0.15) is 0 Å². The van der Waals surface area contributed by atoms with Gasteiger partial charge in [-0.05, 0) is 125 Å². The molecule has 0 spiro atoms. The van der Waals surface area contributed by atoms with Gasteiger partial charge in [0.1, 0.15) is 5.78 Å². The number of carbonyl (C=O) groups excluding carboxylic acids is 1. The van der Waals surface area contributed by atoms with E-state index in [0.29, 0.717) is 17.6 Å². The molecule has 0 aromatic rings. The number of Topliss-reactive ketones (excluding diaryl/α,β-unsaturated/α-hetero) is 1. The third-order valence-corrected chi connectivity index (χ3v) is 11.2. The third kappa shape index (κ3) is 2.93. The van der Waals surface area contributed by atoms with Crippen molar-refractivity contribution in [3.63, 3.8) is 0 Å². The van der Waals surface area contributed by atoms with Gasteiger partial charge in [0, 0.05) is 5.92 Å².